The lowest BCUT2D eigenvalue weighted by molar-refractivity contribution is -0.123. The SMILES string of the molecule is Cc1cc(C2(C(=O)NCCN)CC2)ccc1F. The number of carbonyl (C=O) groups excluding carboxylic acids is 1. The van der Waals surface area contributed by atoms with Crippen molar-refractivity contribution in [1.29, 1.82) is 0 Å². The zero-order valence-corrected chi connectivity index (χ0v) is 9.92. The van der Waals surface area contributed by atoms with Gasteiger partial charge < -0.3 is 11.1 Å². The van der Waals surface area contributed by atoms with Gasteiger partial charge in [0, 0.05) is 13.1 Å². The van der Waals surface area contributed by atoms with Gasteiger partial charge in [-0.1, -0.05) is 12.1 Å². The van der Waals surface area contributed by atoms with Crippen molar-refractivity contribution in [2.24, 2.45) is 5.73 Å². The van der Waals surface area contributed by atoms with E-state index in [4.69, 9.17) is 5.73 Å². The monoisotopic (exact) mass is 236 g/mol. The Labute approximate surface area is 100 Å². The molecule has 1 saturated carbocycles. The van der Waals surface area contributed by atoms with Crippen molar-refractivity contribution in [3.8, 4) is 0 Å². The molecule has 3 nitrogen and oxygen atoms in total. The molecule has 0 unspecified atom stereocenters. The van der Waals surface area contributed by atoms with Crippen molar-refractivity contribution < 1.29 is 9.18 Å². The summed E-state index contributed by atoms with van der Waals surface area (Å²) in [6.45, 7) is 2.64. The second-order valence-electron chi connectivity index (χ2n) is 4.59. The van der Waals surface area contributed by atoms with E-state index in [9.17, 15) is 9.18 Å². The molecule has 4 heteroatoms. The average molecular weight is 236 g/mol. The summed E-state index contributed by atoms with van der Waals surface area (Å²) in [6, 6.07) is 4.91. The number of nitrogens with one attached hydrogen (secondary N) is 1. The van der Waals surface area contributed by atoms with Crippen LogP contribution in [0.2, 0.25) is 0 Å². The van der Waals surface area contributed by atoms with Crippen LogP contribution < -0.4 is 11.1 Å². The van der Waals surface area contributed by atoms with E-state index in [1.54, 1.807) is 19.1 Å². The summed E-state index contributed by atoms with van der Waals surface area (Å²) in [5.74, 6) is -0.221. The molecule has 1 aromatic carbocycles. The van der Waals surface area contributed by atoms with E-state index in [2.05, 4.69) is 5.32 Å². The highest BCUT2D eigenvalue weighted by atomic mass is 19.1. The molecule has 3 N–H and O–H groups in total. The molecule has 17 heavy (non-hydrogen) atoms. The molecule has 0 atom stereocenters. The molecule has 1 aliphatic carbocycles. The van der Waals surface area contributed by atoms with Gasteiger partial charge in [-0.25, -0.2) is 4.39 Å². The predicted octanol–water partition coefficient (Wildman–Crippen LogP) is 1.24. The van der Waals surface area contributed by atoms with Gasteiger partial charge in [-0.2, -0.15) is 0 Å². The van der Waals surface area contributed by atoms with Gasteiger partial charge in [-0.3, -0.25) is 4.79 Å². The largest absolute Gasteiger partial charge is 0.354 e. The summed E-state index contributed by atoms with van der Waals surface area (Å²) >= 11 is 0. The average Bonchev–Trinajstić information content (AvgIpc) is 3.11. The molecule has 0 bridgehead atoms. The second kappa shape index (κ2) is 4.45. The summed E-state index contributed by atoms with van der Waals surface area (Å²) in [7, 11) is 0. The van der Waals surface area contributed by atoms with Crippen LogP contribution in [0.5, 0.6) is 0 Å². The van der Waals surface area contributed by atoms with Crippen LogP contribution >= 0.6 is 0 Å². The Balaban J connectivity index is 2.20. The minimum Gasteiger partial charge on any atom is -0.354 e. The smallest absolute Gasteiger partial charge is 0.230 e. The fourth-order valence-corrected chi connectivity index (χ4v) is 2.07. The fourth-order valence-electron chi connectivity index (χ4n) is 2.07. The number of aryl methyl sites for hydroxylation is 1. The molecule has 0 radical (unpaired) electrons. The van der Waals surface area contributed by atoms with Crippen LogP contribution in [0.1, 0.15) is 24.0 Å². The lowest BCUT2D eigenvalue weighted by Gasteiger charge is -2.16. The van der Waals surface area contributed by atoms with E-state index in [0.717, 1.165) is 18.4 Å². The second-order valence-corrected chi connectivity index (χ2v) is 4.59. The van der Waals surface area contributed by atoms with Crippen LogP contribution in [0.25, 0.3) is 0 Å². The number of halogens is 1. The van der Waals surface area contributed by atoms with Gasteiger partial charge in [0.05, 0.1) is 5.41 Å². The molecule has 1 aromatic rings. The number of hydrogen-bond acceptors (Lipinski definition) is 2. The van der Waals surface area contributed by atoms with Crippen molar-refractivity contribution >= 4 is 5.91 Å². The topological polar surface area (TPSA) is 55.1 Å². The van der Waals surface area contributed by atoms with Crippen molar-refractivity contribution in [2.75, 3.05) is 13.1 Å². The predicted molar refractivity (Wildman–Crippen MR) is 64.1 cm³/mol. The van der Waals surface area contributed by atoms with Gasteiger partial charge in [-0.15, -0.1) is 0 Å². The summed E-state index contributed by atoms with van der Waals surface area (Å²) in [5.41, 5.74) is 6.41. The standard InChI is InChI=1S/C13H17FN2O/c1-9-8-10(2-3-11(9)14)13(4-5-13)12(17)16-7-6-15/h2-3,8H,4-7,15H2,1H3,(H,16,17). The number of hydrogen-bond donors (Lipinski definition) is 2. The summed E-state index contributed by atoms with van der Waals surface area (Å²) in [4.78, 5) is 12.0. The van der Waals surface area contributed by atoms with E-state index < -0.39 is 5.41 Å². The molecular weight excluding hydrogens is 219 g/mol. The Morgan fingerprint density at radius 2 is 2.24 bits per heavy atom. The molecule has 0 saturated heterocycles. The highest BCUT2D eigenvalue weighted by Gasteiger charge is 2.51. The van der Waals surface area contributed by atoms with E-state index in [-0.39, 0.29) is 11.7 Å². The van der Waals surface area contributed by atoms with Crippen LogP contribution in [-0.2, 0) is 10.2 Å². The Morgan fingerprint density at radius 1 is 1.53 bits per heavy atom. The quantitative estimate of drug-likeness (QED) is 0.826. The van der Waals surface area contributed by atoms with Crippen molar-refractivity contribution in [2.45, 2.75) is 25.2 Å². The lowest BCUT2D eigenvalue weighted by atomic mass is 9.93. The Morgan fingerprint density at radius 3 is 2.76 bits per heavy atom. The zero-order chi connectivity index (χ0) is 12.5. The molecule has 0 aliphatic heterocycles. The maximum atomic E-state index is 13.2. The fraction of sp³-hybridized carbons (Fsp3) is 0.462. The molecule has 0 spiro atoms. The third-order valence-corrected chi connectivity index (χ3v) is 3.33. The van der Waals surface area contributed by atoms with Gasteiger partial charge in [0.2, 0.25) is 5.91 Å². The third-order valence-electron chi connectivity index (χ3n) is 3.33. The molecule has 0 aromatic heterocycles. The number of carbonyl (C=O) groups is 1. The van der Waals surface area contributed by atoms with Crippen molar-refractivity contribution in [3.63, 3.8) is 0 Å². The summed E-state index contributed by atoms with van der Waals surface area (Å²) in [6.07, 6.45) is 1.66. The maximum Gasteiger partial charge on any atom is 0.230 e. The van der Waals surface area contributed by atoms with E-state index in [1.165, 1.54) is 6.07 Å². The highest BCUT2D eigenvalue weighted by molar-refractivity contribution is 5.91. The Bertz CT molecular complexity index is 441. The minimum atomic E-state index is -0.437. The highest BCUT2D eigenvalue weighted by Crippen LogP contribution is 2.48. The summed E-state index contributed by atoms with van der Waals surface area (Å²) < 4.78 is 13.2. The van der Waals surface area contributed by atoms with E-state index in [1.807, 2.05) is 0 Å². The third kappa shape index (κ3) is 2.17. The van der Waals surface area contributed by atoms with Crippen LogP contribution in [0.4, 0.5) is 4.39 Å². The number of rotatable bonds is 4. The molecule has 2 rings (SSSR count). The normalized spacial score (nSPS) is 16.6. The molecule has 1 aliphatic rings. The first kappa shape index (κ1) is 12.0. The maximum absolute atomic E-state index is 13.2. The van der Waals surface area contributed by atoms with E-state index in [0.29, 0.717) is 18.7 Å². The summed E-state index contributed by atoms with van der Waals surface area (Å²) in [5, 5.41) is 2.81. The van der Waals surface area contributed by atoms with Gasteiger partial charge in [-0.05, 0) is 37.0 Å². The minimum absolute atomic E-state index is 0.00829. The Hall–Kier alpha value is -1.42. The molecule has 1 fully saturated rings. The molecule has 0 heterocycles. The van der Waals surface area contributed by atoms with Crippen molar-refractivity contribution in [1.82, 2.24) is 5.32 Å². The van der Waals surface area contributed by atoms with Crippen LogP contribution in [0.3, 0.4) is 0 Å². The van der Waals surface area contributed by atoms with Gasteiger partial charge in [0.25, 0.3) is 0 Å². The first-order valence-electron chi connectivity index (χ1n) is 5.85. The number of nitrogens with two attached hydrogens (primary N) is 1. The van der Waals surface area contributed by atoms with Gasteiger partial charge in [0.1, 0.15) is 5.82 Å². The number of amides is 1. The van der Waals surface area contributed by atoms with Gasteiger partial charge in [0.15, 0.2) is 0 Å². The molecular formula is C13H17FN2O. The zero-order valence-electron chi connectivity index (χ0n) is 9.92. The van der Waals surface area contributed by atoms with Crippen LogP contribution in [-0.4, -0.2) is 19.0 Å². The van der Waals surface area contributed by atoms with Crippen LogP contribution in [0, 0.1) is 12.7 Å². The number of benzene rings is 1. The van der Waals surface area contributed by atoms with E-state index >= 15 is 0 Å². The van der Waals surface area contributed by atoms with Crippen LogP contribution in [0.15, 0.2) is 18.2 Å². The van der Waals surface area contributed by atoms with Gasteiger partial charge >= 0.3 is 0 Å². The molecule has 1 amide bonds. The lowest BCUT2D eigenvalue weighted by Crippen LogP contribution is -2.37. The Kier molecular flexibility index (Phi) is 3.15. The first-order chi connectivity index (χ1) is 8.10. The first-order valence-corrected chi connectivity index (χ1v) is 5.85. The van der Waals surface area contributed by atoms with Crippen molar-refractivity contribution in [3.05, 3.63) is 35.1 Å². The molecule has 92 valence electrons.